The van der Waals surface area contributed by atoms with Crippen molar-refractivity contribution in [3.05, 3.63) is 24.0 Å². The molecule has 0 saturated heterocycles. The van der Waals surface area contributed by atoms with Gasteiger partial charge in [-0.2, -0.15) is 0 Å². The summed E-state index contributed by atoms with van der Waals surface area (Å²) in [5.41, 5.74) is 7.15. The molecular weight excluding hydrogens is 207 g/mol. The van der Waals surface area contributed by atoms with Crippen LogP contribution >= 0.6 is 0 Å². The van der Waals surface area contributed by atoms with Crippen molar-refractivity contribution in [3.8, 4) is 0 Å². The Morgan fingerprint density at radius 2 is 2.19 bits per heavy atom. The third-order valence-electron chi connectivity index (χ3n) is 2.44. The second-order valence-electron chi connectivity index (χ2n) is 3.88. The smallest absolute Gasteiger partial charge is 0.206 e. The van der Waals surface area contributed by atoms with E-state index in [1.54, 1.807) is 6.07 Å². The Labute approximate surface area is 93.5 Å². The Balaban J connectivity index is 2.65. The molecule has 0 atom stereocenters. The second-order valence-corrected chi connectivity index (χ2v) is 3.88. The number of anilines is 1. The first-order chi connectivity index (χ1) is 7.63. The maximum atomic E-state index is 13.1. The second kappa shape index (κ2) is 4.09. The highest BCUT2D eigenvalue weighted by Crippen LogP contribution is 2.21. The van der Waals surface area contributed by atoms with Crippen LogP contribution in [0.1, 0.15) is 0 Å². The molecule has 0 unspecified atom stereocenters. The van der Waals surface area contributed by atoms with Crippen molar-refractivity contribution in [2.75, 3.05) is 25.5 Å². The molecule has 2 N–H and O–H groups in total. The molecule has 1 aromatic carbocycles. The molecule has 2 aromatic rings. The zero-order valence-corrected chi connectivity index (χ0v) is 9.44. The average molecular weight is 222 g/mol. The SMILES string of the molecule is CN(C)c1nc2cc(F)ccc2n1CCN. The number of imidazole rings is 1. The fraction of sp³-hybridized carbons (Fsp3) is 0.364. The number of hydrogen-bond donors (Lipinski definition) is 1. The Hall–Kier alpha value is -1.62. The molecule has 16 heavy (non-hydrogen) atoms. The van der Waals surface area contributed by atoms with Crippen molar-refractivity contribution in [3.63, 3.8) is 0 Å². The van der Waals surface area contributed by atoms with Crippen LogP contribution in [0.2, 0.25) is 0 Å². The molecule has 1 heterocycles. The predicted molar refractivity (Wildman–Crippen MR) is 63.1 cm³/mol. The number of aromatic nitrogens is 2. The van der Waals surface area contributed by atoms with Crippen LogP contribution < -0.4 is 10.6 Å². The van der Waals surface area contributed by atoms with Gasteiger partial charge in [-0.15, -0.1) is 0 Å². The molecule has 0 fully saturated rings. The molecule has 0 bridgehead atoms. The number of fused-ring (bicyclic) bond motifs is 1. The molecule has 0 saturated carbocycles. The van der Waals surface area contributed by atoms with Crippen LogP contribution in [0.4, 0.5) is 10.3 Å². The van der Waals surface area contributed by atoms with Gasteiger partial charge < -0.3 is 15.2 Å². The standard InChI is InChI=1S/C11H15FN4/c1-15(2)11-14-9-7-8(12)3-4-10(9)16(11)6-5-13/h3-4,7H,5-6,13H2,1-2H3. The third-order valence-corrected chi connectivity index (χ3v) is 2.44. The summed E-state index contributed by atoms with van der Waals surface area (Å²) in [7, 11) is 3.81. The Morgan fingerprint density at radius 3 is 2.81 bits per heavy atom. The van der Waals surface area contributed by atoms with Crippen molar-refractivity contribution in [1.29, 1.82) is 0 Å². The van der Waals surface area contributed by atoms with Crippen LogP contribution in [0.25, 0.3) is 11.0 Å². The van der Waals surface area contributed by atoms with E-state index < -0.39 is 0 Å². The van der Waals surface area contributed by atoms with Gasteiger partial charge in [0.05, 0.1) is 11.0 Å². The molecule has 5 heteroatoms. The van der Waals surface area contributed by atoms with Crippen LogP contribution in [-0.4, -0.2) is 30.2 Å². The minimum atomic E-state index is -0.268. The van der Waals surface area contributed by atoms with E-state index in [4.69, 9.17) is 5.73 Å². The van der Waals surface area contributed by atoms with Gasteiger partial charge in [0.25, 0.3) is 0 Å². The van der Waals surface area contributed by atoms with E-state index in [0.29, 0.717) is 18.6 Å². The lowest BCUT2D eigenvalue weighted by atomic mass is 10.3. The molecular formula is C11H15FN4. The van der Waals surface area contributed by atoms with Gasteiger partial charge in [0, 0.05) is 33.3 Å². The summed E-state index contributed by atoms with van der Waals surface area (Å²) in [5.74, 6) is 0.529. The molecule has 86 valence electrons. The van der Waals surface area contributed by atoms with Crippen molar-refractivity contribution in [1.82, 2.24) is 9.55 Å². The Bertz CT molecular complexity index is 504. The van der Waals surface area contributed by atoms with Gasteiger partial charge >= 0.3 is 0 Å². The van der Waals surface area contributed by atoms with Gasteiger partial charge in [-0.05, 0) is 12.1 Å². The van der Waals surface area contributed by atoms with Crippen molar-refractivity contribution in [2.45, 2.75) is 6.54 Å². The first-order valence-corrected chi connectivity index (χ1v) is 5.16. The topological polar surface area (TPSA) is 47.1 Å². The van der Waals surface area contributed by atoms with E-state index >= 15 is 0 Å². The highest BCUT2D eigenvalue weighted by molar-refractivity contribution is 5.78. The van der Waals surface area contributed by atoms with E-state index in [2.05, 4.69) is 4.98 Å². The first kappa shape index (κ1) is 10.9. The van der Waals surface area contributed by atoms with Gasteiger partial charge in [-0.1, -0.05) is 0 Å². The summed E-state index contributed by atoms with van der Waals surface area (Å²) in [6.45, 7) is 1.21. The fourth-order valence-corrected chi connectivity index (χ4v) is 1.78. The van der Waals surface area contributed by atoms with E-state index in [9.17, 15) is 4.39 Å². The van der Waals surface area contributed by atoms with Gasteiger partial charge in [-0.25, -0.2) is 9.37 Å². The molecule has 1 aromatic heterocycles. The summed E-state index contributed by atoms with van der Waals surface area (Å²) < 4.78 is 15.1. The summed E-state index contributed by atoms with van der Waals surface area (Å²) >= 11 is 0. The molecule has 0 aliphatic rings. The number of nitrogens with zero attached hydrogens (tertiary/aromatic N) is 3. The number of nitrogens with two attached hydrogens (primary N) is 1. The van der Waals surface area contributed by atoms with Crippen LogP contribution in [0, 0.1) is 5.82 Å². The number of halogens is 1. The van der Waals surface area contributed by atoms with Crippen molar-refractivity contribution in [2.24, 2.45) is 5.73 Å². The van der Waals surface area contributed by atoms with Crippen molar-refractivity contribution < 1.29 is 4.39 Å². The quantitative estimate of drug-likeness (QED) is 0.848. The van der Waals surface area contributed by atoms with E-state index in [0.717, 1.165) is 11.5 Å². The fourth-order valence-electron chi connectivity index (χ4n) is 1.78. The lowest BCUT2D eigenvalue weighted by molar-refractivity contribution is 0.629. The monoisotopic (exact) mass is 222 g/mol. The van der Waals surface area contributed by atoms with E-state index in [1.807, 2.05) is 23.6 Å². The molecule has 2 rings (SSSR count). The van der Waals surface area contributed by atoms with Crippen LogP contribution in [0.15, 0.2) is 18.2 Å². The lowest BCUT2D eigenvalue weighted by Gasteiger charge is -2.13. The van der Waals surface area contributed by atoms with Gasteiger partial charge in [0.2, 0.25) is 5.95 Å². The molecule has 0 aliphatic carbocycles. The molecule has 0 spiro atoms. The third kappa shape index (κ3) is 1.74. The zero-order chi connectivity index (χ0) is 11.7. The van der Waals surface area contributed by atoms with Crippen LogP contribution in [-0.2, 0) is 6.54 Å². The minimum Gasteiger partial charge on any atom is -0.348 e. The largest absolute Gasteiger partial charge is 0.348 e. The number of rotatable bonds is 3. The van der Waals surface area contributed by atoms with Gasteiger partial charge in [0.1, 0.15) is 5.82 Å². The normalized spacial score (nSPS) is 11.0. The minimum absolute atomic E-state index is 0.268. The summed E-state index contributed by atoms with van der Waals surface area (Å²) in [4.78, 5) is 6.28. The zero-order valence-electron chi connectivity index (χ0n) is 9.44. The van der Waals surface area contributed by atoms with Gasteiger partial charge in [0.15, 0.2) is 0 Å². The predicted octanol–water partition coefficient (Wildman–Crippen LogP) is 1.20. The highest BCUT2D eigenvalue weighted by Gasteiger charge is 2.11. The maximum absolute atomic E-state index is 13.1. The highest BCUT2D eigenvalue weighted by atomic mass is 19.1. The summed E-state index contributed by atoms with van der Waals surface area (Å²) in [6, 6.07) is 4.62. The van der Waals surface area contributed by atoms with E-state index in [1.165, 1.54) is 12.1 Å². The Morgan fingerprint density at radius 1 is 1.44 bits per heavy atom. The molecule has 4 nitrogen and oxygen atoms in total. The number of hydrogen-bond acceptors (Lipinski definition) is 3. The van der Waals surface area contributed by atoms with Gasteiger partial charge in [-0.3, -0.25) is 0 Å². The Kier molecular flexibility index (Phi) is 2.78. The average Bonchev–Trinajstić information content (AvgIpc) is 2.57. The number of benzene rings is 1. The van der Waals surface area contributed by atoms with Crippen LogP contribution in [0.3, 0.4) is 0 Å². The molecule has 0 amide bonds. The lowest BCUT2D eigenvalue weighted by Crippen LogP contribution is -2.18. The van der Waals surface area contributed by atoms with Crippen LogP contribution in [0.5, 0.6) is 0 Å². The summed E-state index contributed by atoms with van der Waals surface area (Å²) in [5, 5.41) is 0. The van der Waals surface area contributed by atoms with Crippen molar-refractivity contribution >= 4 is 17.0 Å². The maximum Gasteiger partial charge on any atom is 0.206 e. The van der Waals surface area contributed by atoms with E-state index in [-0.39, 0.29) is 5.82 Å². The first-order valence-electron chi connectivity index (χ1n) is 5.16. The molecule has 0 radical (unpaired) electrons. The summed E-state index contributed by atoms with van der Waals surface area (Å²) in [6.07, 6.45) is 0. The molecule has 0 aliphatic heterocycles.